The van der Waals surface area contributed by atoms with Gasteiger partial charge in [0.15, 0.2) is 5.78 Å². The number of benzene rings is 1. The predicted molar refractivity (Wildman–Crippen MR) is 66.4 cm³/mol. The van der Waals surface area contributed by atoms with Gasteiger partial charge >= 0.3 is 0 Å². The van der Waals surface area contributed by atoms with Crippen molar-refractivity contribution in [2.24, 2.45) is 5.73 Å². The van der Waals surface area contributed by atoms with Gasteiger partial charge in [-0.15, -0.1) is 0 Å². The van der Waals surface area contributed by atoms with Crippen molar-refractivity contribution < 1.29 is 4.79 Å². The van der Waals surface area contributed by atoms with Gasteiger partial charge in [0.25, 0.3) is 0 Å². The first-order valence-corrected chi connectivity index (χ1v) is 5.25. The molecular weight excluding hydrogens is 214 g/mol. The van der Waals surface area contributed by atoms with Gasteiger partial charge in [0, 0.05) is 6.20 Å². The van der Waals surface area contributed by atoms with Crippen LogP contribution < -0.4 is 11.5 Å². The molecule has 1 aromatic heterocycles. The van der Waals surface area contributed by atoms with Gasteiger partial charge in [-0.1, -0.05) is 30.3 Å². The van der Waals surface area contributed by atoms with Gasteiger partial charge in [0.1, 0.15) is 5.82 Å². The van der Waals surface area contributed by atoms with Crippen LogP contribution in [-0.2, 0) is 0 Å². The molecule has 2 rings (SSSR count). The van der Waals surface area contributed by atoms with Gasteiger partial charge in [0.05, 0.1) is 11.6 Å². The summed E-state index contributed by atoms with van der Waals surface area (Å²) in [7, 11) is 0. The Balaban J connectivity index is 2.30. The maximum Gasteiger partial charge on any atom is 0.187 e. The van der Waals surface area contributed by atoms with Crippen molar-refractivity contribution in [3.63, 3.8) is 0 Å². The number of nitrogen functional groups attached to an aromatic ring is 1. The fourth-order valence-corrected chi connectivity index (χ4v) is 1.61. The quantitative estimate of drug-likeness (QED) is 0.779. The molecule has 0 aliphatic rings. The summed E-state index contributed by atoms with van der Waals surface area (Å²) < 4.78 is 0. The Kier molecular flexibility index (Phi) is 3.16. The van der Waals surface area contributed by atoms with Crippen LogP contribution in [0.2, 0.25) is 0 Å². The topological polar surface area (TPSA) is 82.0 Å². The Labute approximate surface area is 99.3 Å². The summed E-state index contributed by atoms with van der Waals surface area (Å²) >= 11 is 0. The molecule has 4 nitrogen and oxygen atoms in total. The Bertz CT molecular complexity index is 525. The monoisotopic (exact) mass is 227 g/mol. The fraction of sp³-hybridized carbons (Fsp3) is 0.0769. The summed E-state index contributed by atoms with van der Waals surface area (Å²) in [4.78, 5) is 16.0. The number of nitrogens with zero attached hydrogens (tertiary/aromatic N) is 1. The van der Waals surface area contributed by atoms with Crippen LogP contribution in [0.15, 0.2) is 48.7 Å². The third-order valence-electron chi connectivity index (χ3n) is 2.55. The van der Waals surface area contributed by atoms with E-state index in [0.29, 0.717) is 5.56 Å². The first-order chi connectivity index (χ1) is 8.20. The molecule has 0 saturated heterocycles. The minimum absolute atomic E-state index is 0.212. The Hall–Kier alpha value is -2.20. The second-order valence-corrected chi connectivity index (χ2v) is 3.69. The smallest absolute Gasteiger partial charge is 0.187 e. The maximum atomic E-state index is 12.1. The molecule has 17 heavy (non-hydrogen) atoms. The molecule has 0 bridgehead atoms. The second kappa shape index (κ2) is 4.76. The lowest BCUT2D eigenvalue weighted by Crippen LogP contribution is -2.22. The molecule has 0 aliphatic heterocycles. The van der Waals surface area contributed by atoms with Gasteiger partial charge in [0.2, 0.25) is 0 Å². The number of carbonyl (C=O) groups is 1. The molecule has 0 fully saturated rings. The number of anilines is 1. The highest BCUT2D eigenvalue weighted by Crippen LogP contribution is 2.18. The van der Waals surface area contributed by atoms with Crippen molar-refractivity contribution in [1.29, 1.82) is 0 Å². The lowest BCUT2D eigenvalue weighted by Gasteiger charge is -2.11. The van der Waals surface area contributed by atoms with E-state index in [2.05, 4.69) is 4.98 Å². The Morgan fingerprint density at radius 1 is 1.12 bits per heavy atom. The molecule has 0 amide bonds. The van der Waals surface area contributed by atoms with E-state index in [9.17, 15) is 4.79 Å². The number of carbonyl (C=O) groups excluding carboxylic acids is 1. The zero-order valence-corrected chi connectivity index (χ0v) is 9.21. The minimum atomic E-state index is -0.706. The molecule has 0 unspecified atom stereocenters. The molecule has 4 N–H and O–H groups in total. The number of ketones is 1. The molecule has 0 saturated carbocycles. The van der Waals surface area contributed by atoms with Crippen LogP contribution in [0, 0.1) is 0 Å². The summed E-state index contributed by atoms with van der Waals surface area (Å²) in [5, 5.41) is 0. The molecule has 0 radical (unpaired) electrons. The highest BCUT2D eigenvalue weighted by atomic mass is 16.1. The van der Waals surface area contributed by atoms with Crippen molar-refractivity contribution >= 4 is 11.6 Å². The molecule has 1 atom stereocenters. The van der Waals surface area contributed by atoms with E-state index in [-0.39, 0.29) is 11.6 Å². The first kappa shape index (κ1) is 11.3. The lowest BCUT2D eigenvalue weighted by atomic mass is 9.99. The average molecular weight is 227 g/mol. The van der Waals surface area contributed by atoms with Crippen molar-refractivity contribution in [2.75, 3.05) is 5.73 Å². The standard InChI is InChI=1S/C13H13N3O/c14-11(9-5-2-1-3-6-9)12(17)10-7-4-8-16-13(10)15/h1-8,11H,14H2,(H2,15,16)/t11-/m1/s1. The Morgan fingerprint density at radius 3 is 2.47 bits per heavy atom. The summed E-state index contributed by atoms with van der Waals surface area (Å²) in [5.41, 5.74) is 12.7. The molecular formula is C13H13N3O. The highest BCUT2D eigenvalue weighted by Gasteiger charge is 2.19. The highest BCUT2D eigenvalue weighted by molar-refractivity contribution is 6.03. The fourth-order valence-electron chi connectivity index (χ4n) is 1.61. The molecule has 86 valence electrons. The zero-order chi connectivity index (χ0) is 12.3. The molecule has 0 aliphatic carbocycles. The van der Waals surface area contributed by atoms with Crippen LogP contribution in [0.4, 0.5) is 5.82 Å². The molecule has 4 heteroatoms. The lowest BCUT2D eigenvalue weighted by molar-refractivity contribution is 0.0962. The number of Topliss-reactive ketones (excluding diaryl/α,β-unsaturated/α-hetero) is 1. The predicted octanol–water partition coefficient (Wildman–Crippen LogP) is 1.55. The van der Waals surface area contributed by atoms with Crippen molar-refractivity contribution in [2.45, 2.75) is 6.04 Å². The molecule has 2 aromatic rings. The van der Waals surface area contributed by atoms with E-state index >= 15 is 0 Å². The van der Waals surface area contributed by atoms with E-state index in [1.165, 1.54) is 0 Å². The number of rotatable bonds is 3. The van der Waals surface area contributed by atoms with Crippen LogP contribution in [0.3, 0.4) is 0 Å². The van der Waals surface area contributed by atoms with E-state index in [1.54, 1.807) is 18.3 Å². The zero-order valence-electron chi connectivity index (χ0n) is 9.21. The molecule has 1 heterocycles. The van der Waals surface area contributed by atoms with Crippen LogP contribution in [0.5, 0.6) is 0 Å². The first-order valence-electron chi connectivity index (χ1n) is 5.25. The molecule has 1 aromatic carbocycles. The van der Waals surface area contributed by atoms with E-state index in [0.717, 1.165) is 5.56 Å². The number of pyridine rings is 1. The van der Waals surface area contributed by atoms with Gasteiger partial charge in [-0.2, -0.15) is 0 Å². The minimum Gasteiger partial charge on any atom is -0.383 e. The SMILES string of the molecule is Nc1ncccc1C(=O)[C@H](N)c1ccccc1. The summed E-state index contributed by atoms with van der Waals surface area (Å²) in [6.45, 7) is 0. The van der Waals surface area contributed by atoms with Gasteiger partial charge in [-0.05, 0) is 17.7 Å². The van der Waals surface area contributed by atoms with Gasteiger partial charge in [-0.25, -0.2) is 4.98 Å². The van der Waals surface area contributed by atoms with Crippen molar-refractivity contribution in [3.05, 3.63) is 59.8 Å². The van der Waals surface area contributed by atoms with Crippen LogP contribution in [0.25, 0.3) is 0 Å². The van der Waals surface area contributed by atoms with Crippen LogP contribution >= 0.6 is 0 Å². The largest absolute Gasteiger partial charge is 0.383 e. The van der Waals surface area contributed by atoms with E-state index < -0.39 is 6.04 Å². The van der Waals surface area contributed by atoms with E-state index in [4.69, 9.17) is 11.5 Å². The van der Waals surface area contributed by atoms with Crippen LogP contribution in [0.1, 0.15) is 22.0 Å². The number of hydrogen-bond acceptors (Lipinski definition) is 4. The normalized spacial score (nSPS) is 12.1. The Morgan fingerprint density at radius 2 is 1.82 bits per heavy atom. The third kappa shape index (κ3) is 2.32. The van der Waals surface area contributed by atoms with Gasteiger partial charge < -0.3 is 11.5 Å². The number of hydrogen-bond donors (Lipinski definition) is 2. The summed E-state index contributed by atoms with van der Waals surface area (Å²) in [5.74, 6) is -0.00863. The van der Waals surface area contributed by atoms with Crippen molar-refractivity contribution in [1.82, 2.24) is 4.98 Å². The van der Waals surface area contributed by atoms with Crippen LogP contribution in [-0.4, -0.2) is 10.8 Å². The number of aromatic nitrogens is 1. The third-order valence-corrected chi connectivity index (χ3v) is 2.55. The maximum absolute atomic E-state index is 12.1. The number of nitrogens with two attached hydrogens (primary N) is 2. The summed E-state index contributed by atoms with van der Waals surface area (Å²) in [6.07, 6.45) is 1.54. The molecule has 0 spiro atoms. The second-order valence-electron chi connectivity index (χ2n) is 3.69. The van der Waals surface area contributed by atoms with Gasteiger partial charge in [-0.3, -0.25) is 4.79 Å². The summed E-state index contributed by atoms with van der Waals surface area (Å²) in [6, 6.07) is 11.8. The average Bonchev–Trinajstić information content (AvgIpc) is 2.39. The van der Waals surface area contributed by atoms with Crippen molar-refractivity contribution in [3.8, 4) is 0 Å². The van der Waals surface area contributed by atoms with E-state index in [1.807, 2.05) is 30.3 Å².